The SMILES string of the molecule is Cc1nc(C2CCN(C(=O)CN(C)C)CC2)nc2c1CCCN2Cc1ccccn1. The molecule has 0 N–H and O–H groups in total. The van der Waals surface area contributed by atoms with Crippen LogP contribution in [0, 0.1) is 6.92 Å². The zero-order valence-corrected chi connectivity index (χ0v) is 18.3. The summed E-state index contributed by atoms with van der Waals surface area (Å²) >= 11 is 0. The minimum atomic E-state index is 0.211. The fourth-order valence-corrected chi connectivity index (χ4v) is 4.49. The molecule has 0 unspecified atom stereocenters. The minimum absolute atomic E-state index is 0.211. The Labute approximate surface area is 179 Å². The molecule has 2 aliphatic heterocycles. The average Bonchev–Trinajstić information content (AvgIpc) is 2.74. The number of carbonyl (C=O) groups excluding carboxylic acids is 1. The van der Waals surface area contributed by atoms with Crippen LogP contribution >= 0.6 is 0 Å². The zero-order valence-electron chi connectivity index (χ0n) is 18.3. The highest BCUT2D eigenvalue weighted by molar-refractivity contribution is 5.78. The lowest BCUT2D eigenvalue weighted by Crippen LogP contribution is -2.42. The van der Waals surface area contributed by atoms with Crippen molar-refractivity contribution in [2.75, 3.05) is 45.2 Å². The molecule has 0 atom stereocenters. The van der Waals surface area contributed by atoms with Crippen LogP contribution in [0.3, 0.4) is 0 Å². The van der Waals surface area contributed by atoms with Crippen molar-refractivity contribution in [2.24, 2.45) is 0 Å². The number of hydrogen-bond donors (Lipinski definition) is 0. The number of aromatic nitrogens is 3. The van der Waals surface area contributed by atoms with Gasteiger partial charge in [0, 0.05) is 43.0 Å². The standard InChI is InChI=1S/C23H32N6O/c1-17-20-8-6-12-29(15-19-7-4-5-11-24-19)23(20)26-22(25-17)18-9-13-28(14-10-18)21(30)16-27(2)3/h4-5,7,11,18H,6,8-10,12-16H2,1-3H3. The predicted octanol–water partition coefficient (Wildman–Crippen LogP) is 2.40. The first-order valence-electron chi connectivity index (χ1n) is 11.0. The minimum Gasteiger partial charge on any atom is -0.350 e. The van der Waals surface area contributed by atoms with Crippen LogP contribution in [0.15, 0.2) is 24.4 Å². The average molecular weight is 409 g/mol. The Morgan fingerprint density at radius 1 is 1.17 bits per heavy atom. The van der Waals surface area contributed by atoms with Crippen molar-refractivity contribution in [3.63, 3.8) is 0 Å². The number of piperidine rings is 1. The van der Waals surface area contributed by atoms with Gasteiger partial charge < -0.3 is 14.7 Å². The van der Waals surface area contributed by atoms with Crippen molar-refractivity contribution in [1.82, 2.24) is 24.8 Å². The van der Waals surface area contributed by atoms with Gasteiger partial charge in [0.25, 0.3) is 0 Å². The smallest absolute Gasteiger partial charge is 0.236 e. The topological polar surface area (TPSA) is 65.5 Å². The number of pyridine rings is 1. The van der Waals surface area contributed by atoms with Crippen molar-refractivity contribution in [3.05, 3.63) is 47.2 Å². The van der Waals surface area contributed by atoms with Gasteiger partial charge >= 0.3 is 0 Å². The van der Waals surface area contributed by atoms with E-state index in [4.69, 9.17) is 9.97 Å². The number of carbonyl (C=O) groups is 1. The number of likely N-dealkylation sites (tertiary alicyclic amines) is 1. The monoisotopic (exact) mass is 408 g/mol. The number of likely N-dealkylation sites (N-methyl/N-ethyl adjacent to an activating group) is 1. The quantitative estimate of drug-likeness (QED) is 0.757. The summed E-state index contributed by atoms with van der Waals surface area (Å²) in [6, 6.07) is 6.06. The molecule has 30 heavy (non-hydrogen) atoms. The van der Waals surface area contributed by atoms with Gasteiger partial charge in [0.2, 0.25) is 5.91 Å². The highest BCUT2D eigenvalue weighted by atomic mass is 16.2. The van der Waals surface area contributed by atoms with Gasteiger partial charge in [0.15, 0.2) is 0 Å². The van der Waals surface area contributed by atoms with Crippen molar-refractivity contribution in [1.29, 1.82) is 0 Å². The van der Waals surface area contributed by atoms with Crippen LogP contribution < -0.4 is 4.90 Å². The summed E-state index contributed by atoms with van der Waals surface area (Å²) in [5, 5.41) is 0. The Morgan fingerprint density at radius 2 is 1.97 bits per heavy atom. The molecule has 7 heteroatoms. The Morgan fingerprint density at radius 3 is 2.67 bits per heavy atom. The van der Waals surface area contributed by atoms with Crippen molar-refractivity contribution >= 4 is 11.7 Å². The van der Waals surface area contributed by atoms with E-state index < -0.39 is 0 Å². The predicted molar refractivity (Wildman–Crippen MR) is 117 cm³/mol. The zero-order chi connectivity index (χ0) is 21.1. The van der Waals surface area contributed by atoms with Gasteiger partial charge in [-0.1, -0.05) is 6.07 Å². The van der Waals surface area contributed by atoms with Crippen molar-refractivity contribution in [3.8, 4) is 0 Å². The van der Waals surface area contributed by atoms with E-state index in [9.17, 15) is 4.79 Å². The number of nitrogens with zero attached hydrogens (tertiary/aromatic N) is 6. The van der Waals surface area contributed by atoms with E-state index in [1.54, 1.807) is 0 Å². The van der Waals surface area contributed by atoms with Gasteiger partial charge in [0.05, 0.1) is 18.8 Å². The fourth-order valence-electron chi connectivity index (χ4n) is 4.49. The lowest BCUT2D eigenvalue weighted by molar-refractivity contribution is -0.132. The van der Waals surface area contributed by atoms with Crippen LogP contribution in [0.5, 0.6) is 0 Å². The maximum absolute atomic E-state index is 12.4. The first kappa shape index (κ1) is 20.7. The van der Waals surface area contributed by atoms with Crippen molar-refractivity contribution < 1.29 is 4.79 Å². The lowest BCUT2D eigenvalue weighted by Gasteiger charge is -2.34. The molecule has 0 saturated carbocycles. The molecule has 0 radical (unpaired) electrons. The molecule has 4 rings (SSSR count). The molecule has 2 aromatic rings. The summed E-state index contributed by atoms with van der Waals surface area (Å²) in [7, 11) is 3.87. The molecule has 1 amide bonds. The number of hydrogen-bond acceptors (Lipinski definition) is 6. The Kier molecular flexibility index (Phi) is 6.27. The van der Waals surface area contributed by atoms with Crippen LogP contribution in [-0.2, 0) is 17.8 Å². The molecule has 2 aromatic heterocycles. The summed E-state index contributed by atoms with van der Waals surface area (Å²) in [5.41, 5.74) is 3.45. The van der Waals surface area contributed by atoms with Crippen LogP contribution in [0.25, 0.3) is 0 Å². The Hall–Kier alpha value is -2.54. The maximum atomic E-state index is 12.4. The second-order valence-corrected chi connectivity index (χ2v) is 8.71. The molecule has 1 saturated heterocycles. The van der Waals surface area contributed by atoms with E-state index in [1.165, 1.54) is 5.56 Å². The summed E-state index contributed by atoms with van der Waals surface area (Å²) in [5.74, 6) is 2.55. The fraction of sp³-hybridized carbons (Fsp3) is 0.565. The van der Waals surface area contributed by atoms with E-state index in [-0.39, 0.29) is 5.91 Å². The molecule has 0 bridgehead atoms. The van der Waals surface area contributed by atoms with Gasteiger partial charge in [-0.2, -0.15) is 0 Å². The van der Waals surface area contributed by atoms with E-state index in [2.05, 4.69) is 22.9 Å². The molecule has 0 aliphatic carbocycles. The molecule has 2 aliphatic rings. The van der Waals surface area contributed by atoms with Gasteiger partial charge in [-0.05, 0) is 58.8 Å². The Bertz CT molecular complexity index is 877. The second kappa shape index (κ2) is 9.08. The van der Waals surface area contributed by atoms with E-state index >= 15 is 0 Å². The highest BCUT2D eigenvalue weighted by Gasteiger charge is 2.28. The summed E-state index contributed by atoms with van der Waals surface area (Å²) in [6.45, 7) is 5.94. The molecule has 160 valence electrons. The summed E-state index contributed by atoms with van der Waals surface area (Å²) in [4.78, 5) is 33.1. The third kappa shape index (κ3) is 4.61. The van der Waals surface area contributed by atoms with Crippen LogP contribution in [0.1, 0.15) is 48.0 Å². The van der Waals surface area contributed by atoms with Crippen molar-refractivity contribution in [2.45, 2.75) is 45.1 Å². The lowest BCUT2D eigenvalue weighted by atomic mass is 9.95. The molecule has 0 spiro atoms. The van der Waals surface area contributed by atoms with Crippen LogP contribution in [-0.4, -0.2) is 70.9 Å². The number of amides is 1. The molecular formula is C23H32N6O. The third-order valence-corrected chi connectivity index (χ3v) is 6.11. The normalized spacial score (nSPS) is 17.3. The number of rotatable bonds is 5. The molecule has 1 fully saturated rings. The Balaban J connectivity index is 1.50. The first-order valence-corrected chi connectivity index (χ1v) is 11.0. The number of fused-ring (bicyclic) bond motifs is 1. The highest BCUT2D eigenvalue weighted by Crippen LogP contribution is 2.32. The van der Waals surface area contributed by atoms with E-state index in [0.717, 1.165) is 74.9 Å². The maximum Gasteiger partial charge on any atom is 0.236 e. The van der Waals surface area contributed by atoms with E-state index in [1.807, 2.05) is 42.2 Å². The van der Waals surface area contributed by atoms with Gasteiger partial charge in [0.1, 0.15) is 11.6 Å². The van der Waals surface area contributed by atoms with Gasteiger partial charge in [-0.3, -0.25) is 9.78 Å². The van der Waals surface area contributed by atoms with Gasteiger partial charge in [-0.15, -0.1) is 0 Å². The van der Waals surface area contributed by atoms with E-state index in [0.29, 0.717) is 12.5 Å². The first-order chi connectivity index (χ1) is 14.5. The third-order valence-electron chi connectivity index (χ3n) is 6.11. The molecular weight excluding hydrogens is 376 g/mol. The molecule has 7 nitrogen and oxygen atoms in total. The number of aryl methyl sites for hydroxylation is 1. The molecule has 4 heterocycles. The second-order valence-electron chi connectivity index (χ2n) is 8.71. The molecule has 0 aromatic carbocycles. The van der Waals surface area contributed by atoms with Crippen LogP contribution in [0.2, 0.25) is 0 Å². The largest absolute Gasteiger partial charge is 0.350 e. The summed E-state index contributed by atoms with van der Waals surface area (Å²) < 4.78 is 0. The summed E-state index contributed by atoms with van der Waals surface area (Å²) in [6.07, 6.45) is 5.87. The van der Waals surface area contributed by atoms with Crippen LogP contribution in [0.4, 0.5) is 5.82 Å². The number of anilines is 1. The van der Waals surface area contributed by atoms with Gasteiger partial charge in [-0.25, -0.2) is 9.97 Å².